The molecule has 2 heteroatoms. The molecule has 1 saturated carbocycles. The van der Waals surface area contributed by atoms with Crippen LogP contribution >= 0.6 is 0 Å². The Morgan fingerprint density at radius 3 is 2.85 bits per heavy atom. The highest BCUT2D eigenvalue weighted by molar-refractivity contribution is 4.95. The maximum atomic E-state index is 6.09. The van der Waals surface area contributed by atoms with Crippen molar-refractivity contribution in [2.45, 2.75) is 57.1 Å². The van der Waals surface area contributed by atoms with Gasteiger partial charge in [-0.1, -0.05) is 6.92 Å². The van der Waals surface area contributed by atoms with Gasteiger partial charge in [0, 0.05) is 12.6 Å². The molecule has 0 radical (unpaired) electrons. The molecule has 13 heavy (non-hydrogen) atoms. The molecule has 0 bridgehead atoms. The maximum absolute atomic E-state index is 6.09. The average Bonchev–Trinajstić information content (AvgIpc) is 2.14. The average molecular weight is 183 g/mol. The van der Waals surface area contributed by atoms with Crippen LogP contribution in [0.5, 0.6) is 0 Å². The second-order valence-electron chi connectivity index (χ2n) is 4.71. The highest BCUT2D eigenvalue weighted by Crippen LogP contribution is 2.44. The molecule has 0 aromatic carbocycles. The Balaban J connectivity index is 1.92. The zero-order valence-corrected chi connectivity index (χ0v) is 8.59. The van der Waals surface area contributed by atoms with Gasteiger partial charge in [0.1, 0.15) is 0 Å². The van der Waals surface area contributed by atoms with E-state index in [1.165, 1.54) is 32.1 Å². The van der Waals surface area contributed by atoms with Gasteiger partial charge in [0.2, 0.25) is 0 Å². The van der Waals surface area contributed by atoms with Crippen LogP contribution in [0.2, 0.25) is 0 Å². The van der Waals surface area contributed by atoms with Crippen molar-refractivity contribution in [1.29, 1.82) is 0 Å². The molecule has 2 N–H and O–H groups in total. The van der Waals surface area contributed by atoms with Gasteiger partial charge in [-0.15, -0.1) is 0 Å². The Morgan fingerprint density at radius 1 is 1.54 bits per heavy atom. The predicted molar refractivity (Wildman–Crippen MR) is 53.5 cm³/mol. The Bertz CT molecular complexity index is 177. The Hall–Kier alpha value is -0.0800. The smallest absolute Gasteiger partial charge is 0.0685 e. The van der Waals surface area contributed by atoms with Crippen LogP contribution in [-0.4, -0.2) is 18.2 Å². The molecule has 0 amide bonds. The Labute approximate surface area is 80.8 Å². The van der Waals surface area contributed by atoms with Crippen LogP contribution in [-0.2, 0) is 4.74 Å². The van der Waals surface area contributed by atoms with Crippen molar-refractivity contribution < 1.29 is 4.74 Å². The molecule has 1 saturated heterocycles. The van der Waals surface area contributed by atoms with E-state index in [2.05, 4.69) is 6.92 Å². The monoisotopic (exact) mass is 183 g/mol. The summed E-state index contributed by atoms with van der Waals surface area (Å²) in [7, 11) is 0. The van der Waals surface area contributed by atoms with Crippen LogP contribution in [0.25, 0.3) is 0 Å². The maximum Gasteiger partial charge on any atom is 0.0685 e. The minimum absolute atomic E-state index is 0.274. The molecular weight excluding hydrogens is 162 g/mol. The summed E-state index contributed by atoms with van der Waals surface area (Å²) < 4.78 is 5.87. The number of hydrogen-bond donors (Lipinski definition) is 1. The van der Waals surface area contributed by atoms with Gasteiger partial charge in [-0.05, 0) is 44.4 Å². The summed E-state index contributed by atoms with van der Waals surface area (Å²) in [5.41, 5.74) is 6.37. The number of nitrogens with two attached hydrogens (primary N) is 1. The Morgan fingerprint density at radius 2 is 2.31 bits per heavy atom. The topological polar surface area (TPSA) is 35.2 Å². The third kappa shape index (κ3) is 1.75. The first kappa shape index (κ1) is 9.47. The molecule has 2 rings (SSSR count). The van der Waals surface area contributed by atoms with E-state index in [0.29, 0.717) is 6.04 Å². The number of ether oxygens (including phenoxy) is 1. The van der Waals surface area contributed by atoms with E-state index in [0.717, 1.165) is 18.9 Å². The highest BCUT2D eigenvalue weighted by Gasteiger charge is 2.43. The first-order valence-corrected chi connectivity index (χ1v) is 5.65. The predicted octanol–water partition coefficient (Wildman–Crippen LogP) is 2.07. The molecule has 0 aromatic heterocycles. The molecule has 2 atom stereocenters. The van der Waals surface area contributed by atoms with Gasteiger partial charge in [-0.3, -0.25) is 0 Å². The molecular formula is C11H21NO. The van der Waals surface area contributed by atoms with Gasteiger partial charge in [0.15, 0.2) is 0 Å². The molecule has 1 aliphatic carbocycles. The first-order chi connectivity index (χ1) is 6.26. The SMILES string of the molecule is CCC(N)C1CCOC2(CCC2)C1. The van der Waals surface area contributed by atoms with E-state index in [1.54, 1.807) is 0 Å². The fourth-order valence-electron chi connectivity index (χ4n) is 2.68. The van der Waals surface area contributed by atoms with Crippen molar-refractivity contribution in [2.24, 2.45) is 11.7 Å². The van der Waals surface area contributed by atoms with E-state index in [4.69, 9.17) is 10.5 Å². The second-order valence-corrected chi connectivity index (χ2v) is 4.71. The zero-order valence-electron chi connectivity index (χ0n) is 8.59. The molecule has 2 aliphatic rings. The zero-order chi connectivity index (χ0) is 9.31. The van der Waals surface area contributed by atoms with E-state index in [-0.39, 0.29) is 5.60 Å². The van der Waals surface area contributed by atoms with Crippen LogP contribution in [0.3, 0.4) is 0 Å². The van der Waals surface area contributed by atoms with Crippen molar-refractivity contribution in [2.75, 3.05) is 6.61 Å². The lowest BCUT2D eigenvalue weighted by molar-refractivity contribution is -0.145. The summed E-state index contributed by atoms with van der Waals surface area (Å²) in [6.07, 6.45) is 7.42. The molecule has 1 aliphatic heterocycles. The van der Waals surface area contributed by atoms with E-state index >= 15 is 0 Å². The molecule has 1 heterocycles. The van der Waals surface area contributed by atoms with E-state index < -0.39 is 0 Å². The van der Waals surface area contributed by atoms with Gasteiger partial charge < -0.3 is 10.5 Å². The van der Waals surface area contributed by atoms with Gasteiger partial charge >= 0.3 is 0 Å². The van der Waals surface area contributed by atoms with Crippen LogP contribution < -0.4 is 5.73 Å². The van der Waals surface area contributed by atoms with Gasteiger partial charge in [0.05, 0.1) is 5.60 Å². The fourth-order valence-corrected chi connectivity index (χ4v) is 2.68. The normalized spacial score (nSPS) is 34.2. The summed E-state index contributed by atoms with van der Waals surface area (Å²) in [6, 6.07) is 0.404. The Kier molecular flexibility index (Phi) is 2.61. The standard InChI is InChI=1S/C11H21NO/c1-2-10(12)9-4-7-13-11(8-9)5-3-6-11/h9-10H,2-8,12H2,1H3. The van der Waals surface area contributed by atoms with Crippen molar-refractivity contribution in [3.05, 3.63) is 0 Å². The third-order valence-corrected chi connectivity index (χ3v) is 3.87. The molecule has 2 fully saturated rings. The number of hydrogen-bond acceptors (Lipinski definition) is 2. The van der Waals surface area contributed by atoms with Crippen LogP contribution in [0, 0.1) is 5.92 Å². The third-order valence-electron chi connectivity index (χ3n) is 3.87. The summed E-state index contributed by atoms with van der Waals surface area (Å²) >= 11 is 0. The summed E-state index contributed by atoms with van der Waals surface area (Å²) in [5, 5.41) is 0. The van der Waals surface area contributed by atoms with Crippen molar-refractivity contribution >= 4 is 0 Å². The van der Waals surface area contributed by atoms with E-state index in [9.17, 15) is 0 Å². The van der Waals surface area contributed by atoms with Crippen molar-refractivity contribution in [3.8, 4) is 0 Å². The van der Waals surface area contributed by atoms with Crippen LogP contribution in [0.15, 0.2) is 0 Å². The van der Waals surface area contributed by atoms with Crippen molar-refractivity contribution in [3.63, 3.8) is 0 Å². The number of rotatable bonds is 2. The van der Waals surface area contributed by atoms with Gasteiger partial charge in [0.25, 0.3) is 0 Å². The molecule has 1 spiro atoms. The summed E-state index contributed by atoms with van der Waals surface area (Å²) in [6.45, 7) is 3.13. The summed E-state index contributed by atoms with van der Waals surface area (Å²) in [5.74, 6) is 0.721. The largest absolute Gasteiger partial charge is 0.375 e. The molecule has 0 aromatic rings. The molecule has 76 valence electrons. The highest BCUT2D eigenvalue weighted by atomic mass is 16.5. The van der Waals surface area contributed by atoms with Crippen LogP contribution in [0.4, 0.5) is 0 Å². The minimum atomic E-state index is 0.274. The lowest BCUT2D eigenvalue weighted by Crippen LogP contribution is -2.49. The van der Waals surface area contributed by atoms with Gasteiger partial charge in [-0.2, -0.15) is 0 Å². The quantitative estimate of drug-likeness (QED) is 0.711. The van der Waals surface area contributed by atoms with Gasteiger partial charge in [-0.25, -0.2) is 0 Å². The summed E-state index contributed by atoms with van der Waals surface area (Å²) in [4.78, 5) is 0. The second kappa shape index (κ2) is 3.58. The van der Waals surface area contributed by atoms with Crippen molar-refractivity contribution in [1.82, 2.24) is 0 Å². The molecule has 2 nitrogen and oxygen atoms in total. The lowest BCUT2D eigenvalue weighted by Gasteiger charge is -2.48. The fraction of sp³-hybridized carbons (Fsp3) is 1.00. The van der Waals surface area contributed by atoms with Crippen LogP contribution in [0.1, 0.15) is 45.4 Å². The lowest BCUT2D eigenvalue weighted by atomic mass is 9.70. The minimum Gasteiger partial charge on any atom is -0.375 e. The molecule has 2 unspecified atom stereocenters. The van der Waals surface area contributed by atoms with E-state index in [1.807, 2.05) is 0 Å². The first-order valence-electron chi connectivity index (χ1n) is 5.65.